The Bertz CT molecular complexity index is 776. The molecule has 4 nitrogen and oxygen atoms in total. The number of carbonyl (C=O) groups excluding carboxylic acids is 1. The van der Waals surface area contributed by atoms with Crippen LogP contribution >= 0.6 is 0 Å². The topological polar surface area (TPSA) is 50.7 Å². The molecule has 0 fully saturated rings. The summed E-state index contributed by atoms with van der Waals surface area (Å²) < 4.78 is 32.1. The van der Waals surface area contributed by atoms with E-state index in [2.05, 4.69) is 17.0 Å². The maximum absolute atomic E-state index is 13.5. The molecule has 0 saturated carbocycles. The third kappa shape index (κ3) is 5.11. The molecule has 0 aliphatic heterocycles. The lowest BCUT2D eigenvalue weighted by Crippen LogP contribution is -2.31. The maximum atomic E-state index is 13.5. The van der Waals surface area contributed by atoms with Gasteiger partial charge in [0.2, 0.25) is 0 Å². The fourth-order valence-electron chi connectivity index (χ4n) is 2.16. The van der Waals surface area contributed by atoms with Crippen LogP contribution in [0.1, 0.15) is 13.8 Å². The number of carbonyl (C=O) groups is 1. The Balaban J connectivity index is 2.18. The van der Waals surface area contributed by atoms with Crippen molar-refractivity contribution in [3.63, 3.8) is 0 Å². The van der Waals surface area contributed by atoms with Crippen molar-refractivity contribution >= 4 is 18.3 Å². The molecule has 0 bridgehead atoms. The van der Waals surface area contributed by atoms with E-state index in [0.717, 1.165) is 12.1 Å². The summed E-state index contributed by atoms with van der Waals surface area (Å²) in [6, 6.07) is 8.48. The average Bonchev–Trinajstić information content (AvgIpc) is 2.60. The highest BCUT2D eigenvalue weighted by atomic mass is 19.2. The predicted molar refractivity (Wildman–Crippen MR) is 94.3 cm³/mol. The van der Waals surface area contributed by atoms with Gasteiger partial charge < -0.3 is 10.1 Å². The van der Waals surface area contributed by atoms with Crippen LogP contribution in [0.3, 0.4) is 0 Å². The normalized spacial score (nSPS) is 10.6. The Hall–Kier alpha value is -2.76. The van der Waals surface area contributed by atoms with Crippen molar-refractivity contribution in [3.8, 4) is 16.9 Å². The molecule has 2 aromatic rings. The van der Waals surface area contributed by atoms with Gasteiger partial charge in [0.25, 0.3) is 5.91 Å². The fraction of sp³-hybridized carbons (Fsp3) is 0.263. The van der Waals surface area contributed by atoms with Crippen LogP contribution in [0, 0.1) is 17.6 Å². The number of amides is 1. The van der Waals surface area contributed by atoms with E-state index in [1.54, 1.807) is 18.2 Å². The summed E-state index contributed by atoms with van der Waals surface area (Å²) in [6.07, 6.45) is 0. The predicted octanol–water partition coefficient (Wildman–Crippen LogP) is 4.11. The number of hydrogen-bond donors (Lipinski definition) is 1. The molecule has 2 aromatic carbocycles. The minimum Gasteiger partial charge on any atom is -0.484 e. The standard InChI is InChI=1S/C19H20F2N2O2/c1-12(2)10-23-19(24)11-25-14-5-7-18(22-3)15(9-14)13-4-6-16(20)17(21)8-13/h4-9,12H,3,10-11H2,1-2H3,(H,23,24). The highest BCUT2D eigenvalue weighted by Gasteiger charge is 2.11. The minimum absolute atomic E-state index is 0.134. The molecule has 1 amide bonds. The Morgan fingerprint density at radius 3 is 2.60 bits per heavy atom. The van der Waals surface area contributed by atoms with E-state index >= 15 is 0 Å². The van der Waals surface area contributed by atoms with Crippen molar-refractivity contribution in [2.75, 3.05) is 13.2 Å². The van der Waals surface area contributed by atoms with Crippen molar-refractivity contribution in [3.05, 3.63) is 48.0 Å². The molecular formula is C19H20F2N2O2. The lowest BCUT2D eigenvalue weighted by molar-refractivity contribution is -0.123. The van der Waals surface area contributed by atoms with Gasteiger partial charge in [-0.05, 0) is 48.5 Å². The lowest BCUT2D eigenvalue weighted by atomic mass is 10.0. The number of nitrogens with one attached hydrogen (secondary N) is 1. The Morgan fingerprint density at radius 1 is 1.20 bits per heavy atom. The zero-order valence-corrected chi connectivity index (χ0v) is 14.2. The van der Waals surface area contributed by atoms with Crippen LogP contribution in [0.4, 0.5) is 14.5 Å². The van der Waals surface area contributed by atoms with Crippen molar-refractivity contribution in [2.24, 2.45) is 10.9 Å². The first-order valence-corrected chi connectivity index (χ1v) is 7.86. The smallest absolute Gasteiger partial charge is 0.257 e. The summed E-state index contributed by atoms with van der Waals surface area (Å²) in [5.74, 6) is -1.33. The van der Waals surface area contributed by atoms with E-state index < -0.39 is 11.6 Å². The quantitative estimate of drug-likeness (QED) is 0.767. The van der Waals surface area contributed by atoms with Crippen LogP contribution < -0.4 is 10.1 Å². The number of benzene rings is 2. The van der Waals surface area contributed by atoms with E-state index in [1.165, 1.54) is 6.07 Å². The third-order valence-corrected chi connectivity index (χ3v) is 3.45. The first-order chi connectivity index (χ1) is 11.9. The molecule has 132 valence electrons. The number of hydrogen-bond acceptors (Lipinski definition) is 3. The molecule has 0 saturated heterocycles. The van der Waals surface area contributed by atoms with Gasteiger partial charge in [0.15, 0.2) is 18.2 Å². The molecule has 0 aliphatic carbocycles. The molecule has 6 heteroatoms. The summed E-state index contributed by atoms with van der Waals surface area (Å²) in [6.45, 7) is 7.91. The zero-order chi connectivity index (χ0) is 18.4. The Labute approximate surface area is 145 Å². The largest absolute Gasteiger partial charge is 0.484 e. The lowest BCUT2D eigenvalue weighted by Gasteiger charge is -2.12. The summed E-state index contributed by atoms with van der Waals surface area (Å²) in [4.78, 5) is 15.6. The van der Waals surface area contributed by atoms with Gasteiger partial charge in [-0.1, -0.05) is 19.9 Å². The summed E-state index contributed by atoms with van der Waals surface area (Å²) in [5.41, 5.74) is 1.48. The number of aliphatic imine (C=N–C) groups is 1. The van der Waals surface area contributed by atoms with Gasteiger partial charge in [0.05, 0.1) is 5.69 Å². The van der Waals surface area contributed by atoms with Crippen molar-refractivity contribution in [1.82, 2.24) is 5.32 Å². The fourth-order valence-corrected chi connectivity index (χ4v) is 2.16. The van der Waals surface area contributed by atoms with E-state index in [4.69, 9.17) is 4.74 Å². The van der Waals surface area contributed by atoms with Crippen molar-refractivity contribution in [2.45, 2.75) is 13.8 Å². The maximum Gasteiger partial charge on any atom is 0.257 e. The molecule has 0 spiro atoms. The molecule has 0 radical (unpaired) electrons. The van der Waals surface area contributed by atoms with Gasteiger partial charge in [-0.2, -0.15) is 0 Å². The number of ether oxygens (including phenoxy) is 1. The highest BCUT2D eigenvalue weighted by Crippen LogP contribution is 2.34. The summed E-state index contributed by atoms with van der Waals surface area (Å²) >= 11 is 0. The van der Waals surface area contributed by atoms with E-state index in [9.17, 15) is 13.6 Å². The van der Waals surface area contributed by atoms with E-state index in [1.807, 2.05) is 13.8 Å². The van der Waals surface area contributed by atoms with E-state index in [0.29, 0.717) is 35.0 Å². The minimum atomic E-state index is -0.952. The average molecular weight is 346 g/mol. The van der Waals surface area contributed by atoms with Gasteiger partial charge in [-0.3, -0.25) is 9.79 Å². The molecule has 0 atom stereocenters. The molecule has 1 N–H and O–H groups in total. The van der Waals surface area contributed by atoms with Crippen LogP contribution in [0.25, 0.3) is 11.1 Å². The van der Waals surface area contributed by atoms with Crippen LogP contribution in [-0.4, -0.2) is 25.8 Å². The van der Waals surface area contributed by atoms with Gasteiger partial charge >= 0.3 is 0 Å². The molecule has 0 unspecified atom stereocenters. The second-order valence-corrected chi connectivity index (χ2v) is 5.95. The Kier molecular flexibility index (Phi) is 6.22. The molecular weight excluding hydrogens is 326 g/mol. The summed E-state index contributed by atoms with van der Waals surface area (Å²) in [7, 11) is 0. The second-order valence-electron chi connectivity index (χ2n) is 5.95. The first-order valence-electron chi connectivity index (χ1n) is 7.86. The molecule has 0 heterocycles. The molecule has 25 heavy (non-hydrogen) atoms. The van der Waals surface area contributed by atoms with Crippen LogP contribution in [0.5, 0.6) is 5.75 Å². The second kappa shape index (κ2) is 8.37. The monoisotopic (exact) mass is 346 g/mol. The van der Waals surface area contributed by atoms with Gasteiger partial charge in [0, 0.05) is 12.1 Å². The van der Waals surface area contributed by atoms with E-state index in [-0.39, 0.29) is 12.5 Å². The Morgan fingerprint density at radius 2 is 1.96 bits per heavy atom. The highest BCUT2D eigenvalue weighted by molar-refractivity contribution is 5.79. The van der Waals surface area contributed by atoms with Gasteiger partial charge in [-0.25, -0.2) is 8.78 Å². The van der Waals surface area contributed by atoms with Crippen LogP contribution in [0.2, 0.25) is 0 Å². The van der Waals surface area contributed by atoms with Crippen molar-refractivity contribution < 1.29 is 18.3 Å². The van der Waals surface area contributed by atoms with Gasteiger partial charge in [0.1, 0.15) is 5.75 Å². The van der Waals surface area contributed by atoms with Crippen LogP contribution in [-0.2, 0) is 4.79 Å². The zero-order valence-electron chi connectivity index (χ0n) is 14.2. The van der Waals surface area contributed by atoms with Crippen molar-refractivity contribution in [1.29, 1.82) is 0 Å². The number of halogens is 2. The first kappa shape index (κ1) is 18.6. The third-order valence-electron chi connectivity index (χ3n) is 3.45. The molecule has 2 rings (SSSR count). The van der Waals surface area contributed by atoms with Crippen LogP contribution in [0.15, 0.2) is 41.4 Å². The van der Waals surface area contributed by atoms with Gasteiger partial charge in [-0.15, -0.1) is 0 Å². The molecule has 0 aromatic heterocycles. The number of rotatable bonds is 7. The SMILES string of the molecule is C=Nc1ccc(OCC(=O)NCC(C)C)cc1-c1ccc(F)c(F)c1. The molecule has 0 aliphatic rings. The number of nitrogens with zero attached hydrogens (tertiary/aromatic N) is 1. The summed E-state index contributed by atoms with van der Waals surface area (Å²) in [5, 5.41) is 2.75.